The van der Waals surface area contributed by atoms with E-state index in [0.29, 0.717) is 82.3 Å². The molecule has 2 aromatic carbocycles. The Bertz CT molecular complexity index is 3290. The summed E-state index contributed by atoms with van der Waals surface area (Å²) in [6.45, 7) is 1.25. The summed E-state index contributed by atoms with van der Waals surface area (Å²) in [5.41, 5.74) is 6.21. The summed E-state index contributed by atoms with van der Waals surface area (Å²) >= 11 is 2.05. The van der Waals surface area contributed by atoms with E-state index < -0.39 is 25.2 Å². The molecule has 0 aliphatic heterocycles. The molecule has 0 bridgehead atoms. The Balaban J connectivity index is 0.000000219. The largest absolute Gasteiger partial charge is 0.495 e. The predicted octanol–water partition coefficient (Wildman–Crippen LogP) is 11.8. The fraction of sp³-hybridized carbons (Fsp3) is 0.400. The third-order valence-corrected chi connectivity index (χ3v) is 16.9. The zero-order valence-electron chi connectivity index (χ0n) is 47.6. The predicted molar refractivity (Wildman–Crippen MR) is 322 cm³/mol. The van der Waals surface area contributed by atoms with Crippen LogP contribution in [0.2, 0.25) is 0 Å². The normalized spacial score (nSPS) is 18.8. The van der Waals surface area contributed by atoms with Crippen LogP contribution in [-0.4, -0.2) is 130 Å². The zero-order valence-corrected chi connectivity index (χ0v) is 50.1. The number of anilines is 2. The fourth-order valence-corrected chi connectivity index (χ4v) is 12.9. The number of thiophene rings is 2. The molecule has 2 aliphatic carbocycles. The van der Waals surface area contributed by atoms with Crippen LogP contribution >= 0.6 is 35.1 Å². The van der Waals surface area contributed by atoms with Crippen LogP contribution in [0.5, 0.6) is 11.5 Å². The van der Waals surface area contributed by atoms with Crippen LogP contribution in [-0.2, 0) is 35.5 Å². The van der Waals surface area contributed by atoms with Crippen LogP contribution < -0.4 is 30.7 Å². The Morgan fingerprint density at radius 2 is 0.906 bits per heavy atom. The van der Waals surface area contributed by atoms with Crippen molar-refractivity contribution in [3.63, 3.8) is 0 Å². The smallest absolute Gasteiger partial charge is 0.393 e. The van der Waals surface area contributed by atoms with E-state index in [1.807, 2.05) is 36.4 Å². The Morgan fingerprint density at radius 3 is 1.26 bits per heavy atom. The lowest BCUT2D eigenvalue weighted by Gasteiger charge is -2.36. The molecule has 0 radical (unpaired) electrons. The summed E-state index contributed by atoms with van der Waals surface area (Å²) in [7, 11) is 10.2. The lowest BCUT2D eigenvalue weighted by atomic mass is 9.81. The summed E-state index contributed by atoms with van der Waals surface area (Å²) in [6, 6.07) is 23.3. The number of ether oxygens (including phenoxy) is 2. The molecule has 2 saturated carbocycles. The van der Waals surface area contributed by atoms with Gasteiger partial charge in [-0.1, -0.05) is 48.5 Å². The van der Waals surface area contributed by atoms with Crippen LogP contribution in [0.4, 0.5) is 38.0 Å². The van der Waals surface area contributed by atoms with Crippen molar-refractivity contribution in [2.24, 2.45) is 11.8 Å². The number of aromatic nitrogens is 6. The molecule has 4 N–H and O–H groups in total. The zero-order chi connectivity index (χ0) is 59.7. The highest BCUT2D eigenvalue weighted by molar-refractivity contribution is 7.19. The first-order valence-corrected chi connectivity index (χ1v) is 29.0. The van der Waals surface area contributed by atoms with E-state index in [2.05, 4.69) is 75.4 Å². The second-order valence-corrected chi connectivity index (χ2v) is 23.9. The summed E-state index contributed by atoms with van der Waals surface area (Å²) in [6.07, 6.45) is 3.12. The molecule has 6 heterocycles. The maximum absolute atomic E-state index is 13.0. The van der Waals surface area contributed by atoms with Gasteiger partial charge in [0.1, 0.15) is 45.5 Å². The van der Waals surface area contributed by atoms with E-state index in [9.17, 15) is 35.9 Å². The molecule has 2 aliphatic rings. The highest BCUT2D eigenvalue weighted by Crippen LogP contribution is 2.37. The Kier molecular flexibility index (Phi) is 21.2. The third-order valence-electron chi connectivity index (χ3n) is 14.8. The number of nitrogens with one attached hydrogen (secondary N) is 4. The number of carbonyl (C=O) groups excluding carboxylic acids is 2. The highest BCUT2D eigenvalue weighted by atomic mass is 35.5. The minimum atomic E-state index is -4.30. The van der Waals surface area contributed by atoms with Crippen LogP contribution in [0, 0.1) is 11.8 Å². The molecule has 8 aromatic rings. The van der Waals surface area contributed by atoms with Gasteiger partial charge in [-0.25, -0.2) is 19.9 Å². The van der Waals surface area contributed by atoms with Crippen LogP contribution in [0.3, 0.4) is 0 Å². The molecular formula is C60H67ClF6N12O4S2. The number of nitrogens with zero attached hydrogens (tertiary/aromatic N) is 8. The molecule has 6 atom stereocenters. The molecule has 10 rings (SSSR count). The fourth-order valence-electron chi connectivity index (χ4n) is 10.9. The van der Waals surface area contributed by atoms with Gasteiger partial charge in [0, 0.05) is 111 Å². The SMILES string of the molecule is COc1cncc(-c2ccc(CN[C@H]3C[C@@H](Nc4ncnc5sc(CC(F)(F)F)cc45)C[C@@H](C(=O)N(C)C)C3)cc2)c1.COc1cncc(-c2ccc(CN[C@H]3C[C@@H](Nc4ncnc5sc(CC(F)(F)F)cc45)C[C@@H](C(=O)N(C)C)C3)cc2)c1.Cl. The summed E-state index contributed by atoms with van der Waals surface area (Å²) in [4.78, 5) is 56.2. The molecule has 2 amide bonds. The molecular weight excluding hydrogens is 1170 g/mol. The number of halogens is 7. The number of pyridine rings is 2. The van der Waals surface area contributed by atoms with Gasteiger partial charge in [0.15, 0.2) is 0 Å². The monoisotopic (exact) mass is 1230 g/mol. The van der Waals surface area contributed by atoms with Crippen molar-refractivity contribution < 1.29 is 45.4 Å². The van der Waals surface area contributed by atoms with E-state index in [1.54, 1.807) is 77.0 Å². The van der Waals surface area contributed by atoms with Gasteiger partial charge in [0.2, 0.25) is 11.8 Å². The van der Waals surface area contributed by atoms with E-state index in [4.69, 9.17) is 9.47 Å². The Labute approximate surface area is 503 Å². The van der Waals surface area contributed by atoms with Gasteiger partial charge in [-0.15, -0.1) is 35.1 Å². The number of alkyl halides is 6. The lowest BCUT2D eigenvalue weighted by molar-refractivity contribution is -0.135. The molecule has 0 spiro atoms. The number of fused-ring (bicyclic) bond motifs is 2. The van der Waals surface area contributed by atoms with Crippen LogP contribution in [0.1, 0.15) is 59.4 Å². The van der Waals surface area contributed by atoms with E-state index in [-0.39, 0.29) is 70.0 Å². The second kappa shape index (κ2) is 28.3. The van der Waals surface area contributed by atoms with Crippen molar-refractivity contribution in [2.45, 2.75) is 101 Å². The minimum absolute atomic E-state index is 0. The van der Waals surface area contributed by atoms with Crippen molar-refractivity contribution in [1.82, 2.24) is 50.3 Å². The number of benzene rings is 2. The third kappa shape index (κ3) is 17.5. The maximum atomic E-state index is 13.0. The molecule has 6 aromatic heterocycles. The molecule has 85 heavy (non-hydrogen) atoms. The van der Waals surface area contributed by atoms with Gasteiger partial charge in [-0.2, -0.15) is 26.3 Å². The second-order valence-electron chi connectivity index (χ2n) is 21.6. The van der Waals surface area contributed by atoms with Gasteiger partial charge in [0.25, 0.3) is 0 Å². The van der Waals surface area contributed by atoms with Gasteiger partial charge in [0.05, 0.1) is 50.2 Å². The van der Waals surface area contributed by atoms with E-state index >= 15 is 0 Å². The van der Waals surface area contributed by atoms with Crippen LogP contribution in [0.25, 0.3) is 42.7 Å². The molecule has 452 valence electrons. The summed E-state index contributed by atoms with van der Waals surface area (Å²) in [5, 5.41) is 15.3. The number of hydrogen-bond donors (Lipinski definition) is 4. The first-order valence-electron chi connectivity index (χ1n) is 27.3. The Hall–Kier alpha value is -7.25. The van der Waals surface area contributed by atoms with Crippen molar-refractivity contribution in [2.75, 3.05) is 53.0 Å². The molecule has 2 fully saturated rings. The molecule has 16 nitrogen and oxygen atoms in total. The number of methoxy groups -OCH3 is 2. The number of hydrogen-bond acceptors (Lipinski definition) is 16. The van der Waals surface area contributed by atoms with Gasteiger partial charge in [-0.05, 0) is 85.0 Å². The maximum Gasteiger partial charge on any atom is 0.393 e. The molecule has 0 saturated heterocycles. The van der Waals surface area contributed by atoms with Crippen molar-refractivity contribution in [1.29, 1.82) is 0 Å². The number of carbonyl (C=O) groups is 2. The van der Waals surface area contributed by atoms with E-state index in [1.165, 1.54) is 24.8 Å². The lowest BCUT2D eigenvalue weighted by Crippen LogP contribution is -2.46. The average Bonchev–Trinajstić information content (AvgIpc) is 2.74. The van der Waals surface area contributed by atoms with Crippen molar-refractivity contribution in [3.05, 3.63) is 131 Å². The van der Waals surface area contributed by atoms with E-state index in [0.717, 1.165) is 68.9 Å². The first kappa shape index (κ1) is 63.8. The topological polar surface area (TPSA) is 185 Å². The summed E-state index contributed by atoms with van der Waals surface area (Å²) in [5.74, 6) is 2.09. The van der Waals surface area contributed by atoms with Crippen molar-refractivity contribution >= 4 is 79.0 Å². The molecule has 25 heteroatoms. The van der Waals surface area contributed by atoms with Gasteiger partial charge < -0.3 is 40.5 Å². The van der Waals surface area contributed by atoms with Crippen LogP contribution in [0.15, 0.2) is 110 Å². The van der Waals surface area contributed by atoms with Crippen molar-refractivity contribution in [3.8, 4) is 33.8 Å². The standard InChI is InChI=1S/2C30H33F3N6O2S.ClH/c2*1-39(2)29(40)20-8-22(35-14-18-4-6-19(7-5-18)21-10-24(41-3)16-34-15-21)11-23(9-20)38-27-26-12-25(13-30(31,32)33)42-28(26)37-17-36-27;/h2*4-7,10,12,15-17,20,22-23,35H,8-9,11,13-14H2,1-3H3,(H,36,37,38);1H/t2*20-,22+,23-;/m00./s1. The number of amides is 2. The first-order chi connectivity index (χ1) is 40.1. The quantitative estimate of drug-likeness (QED) is 0.0595. The minimum Gasteiger partial charge on any atom is -0.495 e. The Morgan fingerprint density at radius 1 is 0.529 bits per heavy atom. The average molecular weight is 1230 g/mol. The highest BCUT2D eigenvalue weighted by Gasteiger charge is 2.37. The summed E-state index contributed by atoms with van der Waals surface area (Å²) < 4.78 is 88.5. The van der Waals surface area contributed by atoms with Gasteiger partial charge >= 0.3 is 12.4 Å². The molecule has 0 unspecified atom stereocenters. The van der Waals surface area contributed by atoms with Gasteiger partial charge in [-0.3, -0.25) is 19.6 Å². The number of rotatable bonds is 18.